The molecule has 2 amide bonds. The summed E-state index contributed by atoms with van der Waals surface area (Å²) in [6.07, 6.45) is 0. The fourth-order valence-electron chi connectivity index (χ4n) is 3.91. The molecule has 0 unspecified atom stereocenters. The molecule has 4 rings (SSSR count). The normalized spacial score (nSPS) is 12.0. The standard InChI is InChI=1S/C26H27N3O6S/c1-18(2)13-28(26(31)20-6-8-21(9-7-20)29(32)33)16-25(30)27(15-22-4-3-11-36-22)14-19-5-10-23-24(12-19)35-17-34-23/h3-12,18H,13-17H2,1-2H3. The number of rotatable bonds is 10. The second-order valence-electron chi connectivity index (χ2n) is 8.90. The van der Waals surface area contributed by atoms with Crippen LogP contribution in [0.5, 0.6) is 11.5 Å². The fourth-order valence-corrected chi connectivity index (χ4v) is 4.63. The largest absolute Gasteiger partial charge is 0.454 e. The third-order valence-electron chi connectivity index (χ3n) is 5.61. The van der Waals surface area contributed by atoms with Gasteiger partial charge in [0.1, 0.15) is 6.54 Å². The zero-order valence-corrected chi connectivity index (χ0v) is 20.9. The van der Waals surface area contributed by atoms with E-state index in [4.69, 9.17) is 9.47 Å². The second kappa shape index (κ2) is 11.2. The molecule has 1 aliphatic rings. The summed E-state index contributed by atoms with van der Waals surface area (Å²) in [6, 6.07) is 14.9. The zero-order valence-electron chi connectivity index (χ0n) is 20.1. The first-order chi connectivity index (χ1) is 17.3. The third kappa shape index (κ3) is 6.19. The number of hydrogen-bond donors (Lipinski definition) is 0. The SMILES string of the molecule is CC(C)CN(CC(=O)N(Cc1ccc2c(c1)OCO2)Cc1cccs1)C(=O)c1ccc([N+](=O)[O-])cc1. The Hall–Kier alpha value is -3.92. The molecule has 0 N–H and O–H groups in total. The van der Waals surface area contributed by atoms with Gasteiger partial charge in [-0.1, -0.05) is 26.0 Å². The number of nitro benzene ring substituents is 1. The molecule has 0 saturated carbocycles. The number of carbonyl (C=O) groups excluding carboxylic acids is 2. The summed E-state index contributed by atoms with van der Waals surface area (Å²) in [5, 5.41) is 12.9. The van der Waals surface area contributed by atoms with Gasteiger partial charge < -0.3 is 19.3 Å². The summed E-state index contributed by atoms with van der Waals surface area (Å²) >= 11 is 1.56. The molecule has 0 fully saturated rings. The van der Waals surface area contributed by atoms with Crippen molar-refractivity contribution in [1.82, 2.24) is 9.80 Å². The van der Waals surface area contributed by atoms with E-state index in [0.717, 1.165) is 10.4 Å². The lowest BCUT2D eigenvalue weighted by molar-refractivity contribution is -0.384. The molecule has 188 valence electrons. The van der Waals surface area contributed by atoms with E-state index in [9.17, 15) is 19.7 Å². The summed E-state index contributed by atoms with van der Waals surface area (Å²) in [6.45, 7) is 5.13. The molecular formula is C26H27N3O6S. The van der Waals surface area contributed by atoms with Crippen molar-refractivity contribution in [1.29, 1.82) is 0 Å². The number of nitrogens with zero attached hydrogens (tertiary/aromatic N) is 3. The third-order valence-corrected chi connectivity index (χ3v) is 6.48. The maximum absolute atomic E-state index is 13.6. The van der Waals surface area contributed by atoms with Crippen LogP contribution in [-0.4, -0.2) is 46.4 Å². The number of benzene rings is 2. The van der Waals surface area contributed by atoms with Gasteiger partial charge in [-0.05, 0) is 47.2 Å². The van der Waals surface area contributed by atoms with Crippen LogP contribution >= 0.6 is 11.3 Å². The fraction of sp³-hybridized carbons (Fsp3) is 0.308. The second-order valence-corrected chi connectivity index (χ2v) is 9.93. The van der Waals surface area contributed by atoms with Crippen molar-refractivity contribution >= 4 is 28.8 Å². The van der Waals surface area contributed by atoms with Gasteiger partial charge in [0.05, 0.1) is 11.5 Å². The maximum atomic E-state index is 13.6. The monoisotopic (exact) mass is 509 g/mol. The maximum Gasteiger partial charge on any atom is 0.269 e. The molecule has 9 nitrogen and oxygen atoms in total. The molecule has 0 bridgehead atoms. The van der Waals surface area contributed by atoms with Crippen molar-refractivity contribution in [3.05, 3.63) is 86.1 Å². The molecule has 2 aromatic carbocycles. The van der Waals surface area contributed by atoms with Gasteiger partial charge >= 0.3 is 0 Å². The number of carbonyl (C=O) groups is 2. The Balaban J connectivity index is 1.54. The van der Waals surface area contributed by atoms with Crippen LogP contribution in [0, 0.1) is 16.0 Å². The molecule has 1 aromatic heterocycles. The van der Waals surface area contributed by atoms with E-state index in [0.29, 0.717) is 36.7 Å². The van der Waals surface area contributed by atoms with E-state index in [1.165, 1.54) is 29.2 Å². The van der Waals surface area contributed by atoms with E-state index < -0.39 is 4.92 Å². The summed E-state index contributed by atoms with van der Waals surface area (Å²) in [5.74, 6) is 0.903. The predicted octanol–water partition coefficient (Wildman–Crippen LogP) is 4.71. The van der Waals surface area contributed by atoms with Crippen molar-refractivity contribution in [2.24, 2.45) is 5.92 Å². The molecule has 3 aromatic rings. The van der Waals surface area contributed by atoms with E-state index in [1.54, 1.807) is 16.2 Å². The van der Waals surface area contributed by atoms with Crippen LogP contribution in [0.3, 0.4) is 0 Å². The number of hydrogen-bond acceptors (Lipinski definition) is 7. The first-order valence-corrected chi connectivity index (χ1v) is 12.4. The van der Waals surface area contributed by atoms with Crippen LogP contribution < -0.4 is 9.47 Å². The summed E-state index contributed by atoms with van der Waals surface area (Å²) in [4.78, 5) is 41.6. The van der Waals surface area contributed by atoms with E-state index in [-0.39, 0.29) is 36.8 Å². The molecular weight excluding hydrogens is 482 g/mol. The molecule has 36 heavy (non-hydrogen) atoms. The highest BCUT2D eigenvalue weighted by Crippen LogP contribution is 2.33. The van der Waals surface area contributed by atoms with Crippen LogP contribution in [-0.2, 0) is 17.9 Å². The minimum Gasteiger partial charge on any atom is -0.454 e. The Kier molecular flexibility index (Phi) is 7.84. The Morgan fingerprint density at radius 1 is 1.03 bits per heavy atom. The number of non-ortho nitro benzene ring substituents is 1. The Morgan fingerprint density at radius 3 is 2.44 bits per heavy atom. The number of amides is 2. The number of thiophene rings is 1. The molecule has 0 spiro atoms. The van der Waals surface area contributed by atoms with Crippen LogP contribution in [0.15, 0.2) is 60.0 Å². The van der Waals surface area contributed by atoms with Crippen molar-refractivity contribution in [3.8, 4) is 11.5 Å². The topological polar surface area (TPSA) is 102 Å². The molecule has 10 heteroatoms. The van der Waals surface area contributed by atoms with Crippen molar-refractivity contribution in [2.45, 2.75) is 26.9 Å². The van der Waals surface area contributed by atoms with Gasteiger partial charge in [-0.15, -0.1) is 11.3 Å². The van der Waals surface area contributed by atoms with Gasteiger partial charge in [0, 0.05) is 35.7 Å². The van der Waals surface area contributed by atoms with Crippen molar-refractivity contribution < 1.29 is 24.0 Å². The van der Waals surface area contributed by atoms with E-state index >= 15 is 0 Å². The molecule has 0 saturated heterocycles. The Bertz CT molecular complexity index is 1230. The highest BCUT2D eigenvalue weighted by molar-refractivity contribution is 7.09. The minimum atomic E-state index is -0.512. The number of ether oxygens (including phenoxy) is 2. The lowest BCUT2D eigenvalue weighted by atomic mass is 10.1. The summed E-state index contributed by atoms with van der Waals surface area (Å²) in [5.41, 5.74) is 1.10. The highest BCUT2D eigenvalue weighted by Gasteiger charge is 2.25. The van der Waals surface area contributed by atoms with Crippen LogP contribution in [0.25, 0.3) is 0 Å². The highest BCUT2D eigenvalue weighted by atomic mass is 32.1. The average Bonchev–Trinajstić information content (AvgIpc) is 3.54. The van der Waals surface area contributed by atoms with Gasteiger partial charge in [-0.2, -0.15) is 0 Å². The Labute approximate surface area is 213 Å². The van der Waals surface area contributed by atoms with Gasteiger partial charge in [-0.3, -0.25) is 19.7 Å². The first kappa shape index (κ1) is 25.2. The van der Waals surface area contributed by atoms with Crippen LogP contribution in [0.1, 0.15) is 34.6 Å². The average molecular weight is 510 g/mol. The summed E-state index contributed by atoms with van der Waals surface area (Å²) < 4.78 is 10.9. The Morgan fingerprint density at radius 2 is 1.78 bits per heavy atom. The van der Waals surface area contributed by atoms with Crippen molar-refractivity contribution in [2.75, 3.05) is 19.9 Å². The molecule has 0 radical (unpaired) electrons. The smallest absolute Gasteiger partial charge is 0.269 e. The predicted molar refractivity (Wildman–Crippen MR) is 135 cm³/mol. The van der Waals surface area contributed by atoms with Gasteiger partial charge in [-0.25, -0.2) is 0 Å². The van der Waals surface area contributed by atoms with Crippen LogP contribution in [0.2, 0.25) is 0 Å². The van der Waals surface area contributed by atoms with Crippen LogP contribution in [0.4, 0.5) is 5.69 Å². The molecule has 2 heterocycles. The zero-order chi connectivity index (χ0) is 25.7. The lowest BCUT2D eigenvalue weighted by Gasteiger charge is -2.29. The summed E-state index contributed by atoms with van der Waals surface area (Å²) in [7, 11) is 0. The van der Waals surface area contributed by atoms with Gasteiger partial charge in [0.15, 0.2) is 11.5 Å². The van der Waals surface area contributed by atoms with Crippen molar-refractivity contribution in [3.63, 3.8) is 0 Å². The molecule has 0 aliphatic carbocycles. The lowest BCUT2D eigenvalue weighted by Crippen LogP contribution is -2.43. The van der Waals surface area contributed by atoms with Gasteiger partial charge in [0.25, 0.3) is 11.6 Å². The minimum absolute atomic E-state index is 0.0936. The number of fused-ring (bicyclic) bond motifs is 1. The molecule has 1 aliphatic heterocycles. The quantitative estimate of drug-likeness (QED) is 0.290. The van der Waals surface area contributed by atoms with Gasteiger partial charge in [0.2, 0.25) is 12.7 Å². The van der Waals surface area contributed by atoms with E-state index in [1.807, 2.05) is 49.6 Å². The molecule has 0 atom stereocenters. The first-order valence-electron chi connectivity index (χ1n) is 11.5. The van der Waals surface area contributed by atoms with E-state index in [2.05, 4.69) is 0 Å². The number of nitro groups is 1.